The maximum Gasteiger partial charge on any atom is 0.247 e. The molecule has 4 rings (SSSR count). The van der Waals surface area contributed by atoms with Crippen LogP contribution in [0.1, 0.15) is 26.7 Å². The summed E-state index contributed by atoms with van der Waals surface area (Å²) in [5, 5.41) is 2.77. The molecule has 1 aliphatic heterocycles. The van der Waals surface area contributed by atoms with Crippen molar-refractivity contribution in [2.45, 2.75) is 26.7 Å². The summed E-state index contributed by atoms with van der Waals surface area (Å²) in [6.07, 6.45) is 10.2. The Balaban J connectivity index is 0.00000210. The topological polar surface area (TPSA) is 75.9 Å². The van der Waals surface area contributed by atoms with Gasteiger partial charge >= 0.3 is 0 Å². The lowest BCUT2D eigenvalue weighted by Crippen LogP contribution is -2.30. The van der Waals surface area contributed by atoms with Crippen LogP contribution in [-0.4, -0.2) is 38.5 Å². The van der Waals surface area contributed by atoms with E-state index in [0.717, 1.165) is 29.9 Å². The Hall–Kier alpha value is -3.22. The molecule has 1 aromatic carbocycles. The van der Waals surface area contributed by atoms with Crippen molar-refractivity contribution < 1.29 is 4.79 Å². The number of aromatic nitrogens is 4. The zero-order valence-corrected chi connectivity index (χ0v) is 14.4. The first kappa shape index (κ1) is 18.6. The number of rotatable bonds is 4. The molecule has 0 atom stereocenters. The summed E-state index contributed by atoms with van der Waals surface area (Å²) >= 11 is 0. The van der Waals surface area contributed by atoms with Crippen LogP contribution in [0.25, 0.3) is 16.9 Å². The molecule has 0 bridgehead atoms. The van der Waals surface area contributed by atoms with E-state index in [2.05, 4.69) is 26.8 Å². The third-order valence-electron chi connectivity index (χ3n) is 4.54. The predicted octanol–water partition coefficient (Wildman–Crippen LogP) is 3.57. The van der Waals surface area contributed by atoms with Gasteiger partial charge in [-0.2, -0.15) is 0 Å². The quantitative estimate of drug-likeness (QED) is 0.716. The first-order chi connectivity index (χ1) is 12.7. The van der Waals surface area contributed by atoms with Crippen LogP contribution in [0.15, 0.2) is 49.6 Å². The van der Waals surface area contributed by atoms with E-state index in [1.54, 1.807) is 12.5 Å². The van der Waals surface area contributed by atoms with Crippen LogP contribution in [-0.2, 0) is 4.79 Å². The van der Waals surface area contributed by atoms with Gasteiger partial charge in [-0.05, 0) is 43.5 Å². The van der Waals surface area contributed by atoms with Crippen molar-refractivity contribution in [2.24, 2.45) is 0 Å². The molecule has 2 aromatic heterocycles. The molecule has 27 heavy (non-hydrogen) atoms. The zero-order valence-electron chi connectivity index (χ0n) is 14.4. The van der Waals surface area contributed by atoms with Crippen molar-refractivity contribution in [3.05, 3.63) is 49.6 Å². The number of carbonyl (C=O) groups excluding carboxylic acids is 1. The van der Waals surface area contributed by atoms with Crippen LogP contribution in [0, 0.1) is 0 Å². The minimum atomic E-state index is -0.248. The number of nitrogens with one attached hydrogen (secondary N) is 1. The molecule has 140 valence electrons. The van der Waals surface area contributed by atoms with Crippen molar-refractivity contribution >= 4 is 28.4 Å². The normalized spacial score (nSPS) is 13.9. The van der Waals surface area contributed by atoms with Crippen LogP contribution in [0.2, 0.25) is 0 Å². The Kier molecular flexibility index (Phi) is 5.49. The van der Waals surface area contributed by atoms with Gasteiger partial charge in [0, 0.05) is 18.8 Å². The van der Waals surface area contributed by atoms with E-state index in [0.29, 0.717) is 11.5 Å². The summed E-state index contributed by atoms with van der Waals surface area (Å²) < 4.78 is 1.89. The summed E-state index contributed by atoms with van der Waals surface area (Å²) in [7, 11) is 0. The largest absolute Gasteiger partial charge is 0.355 e. The fraction of sp³-hybridized carbons (Fsp3) is 0.300. The van der Waals surface area contributed by atoms with Gasteiger partial charge in [0.25, 0.3) is 0 Å². The van der Waals surface area contributed by atoms with Crippen molar-refractivity contribution in [1.82, 2.24) is 19.5 Å². The second kappa shape index (κ2) is 7.99. The lowest BCUT2D eigenvalue weighted by atomic mass is 10.1. The van der Waals surface area contributed by atoms with Gasteiger partial charge in [0.05, 0.1) is 23.4 Å². The molecule has 1 fully saturated rings. The number of amides is 1. The SMILES string of the molecule is C.C=CC(=O)Nc1ccc2ncn(-c3cncc(N4CCCCC4)n3)c2c1. The maximum absolute atomic E-state index is 11.6. The molecule has 3 aromatic rings. The molecule has 7 nitrogen and oxygen atoms in total. The fourth-order valence-electron chi connectivity index (χ4n) is 3.20. The molecule has 1 saturated heterocycles. The molecule has 1 aliphatic rings. The molecule has 3 heterocycles. The third kappa shape index (κ3) is 3.81. The highest BCUT2D eigenvalue weighted by Gasteiger charge is 2.14. The minimum absolute atomic E-state index is 0. The second-order valence-electron chi connectivity index (χ2n) is 6.29. The number of imidazole rings is 1. The summed E-state index contributed by atoms with van der Waals surface area (Å²) in [5.74, 6) is 1.35. The number of hydrogen-bond donors (Lipinski definition) is 1. The standard InChI is InChI=1S/C19H20N6O.CH4/c1-2-19(26)22-14-6-7-15-16(10-14)25(13-21-15)18-12-20-11-17(23-18)24-8-4-3-5-9-24;/h2,6-7,10-13H,1,3-5,8-9H2,(H,22,26);1H4. The van der Waals surface area contributed by atoms with E-state index in [-0.39, 0.29) is 13.3 Å². The molecule has 1 amide bonds. The minimum Gasteiger partial charge on any atom is -0.355 e. The highest BCUT2D eigenvalue weighted by molar-refractivity contribution is 6.00. The zero-order chi connectivity index (χ0) is 17.9. The highest BCUT2D eigenvalue weighted by Crippen LogP contribution is 2.23. The number of piperidine rings is 1. The number of carbonyl (C=O) groups is 1. The number of anilines is 2. The Bertz CT molecular complexity index is 958. The Labute approximate surface area is 158 Å². The van der Waals surface area contributed by atoms with E-state index in [1.807, 2.05) is 29.0 Å². The summed E-state index contributed by atoms with van der Waals surface area (Å²) in [6.45, 7) is 5.50. The van der Waals surface area contributed by atoms with Gasteiger partial charge in [-0.1, -0.05) is 14.0 Å². The lowest BCUT2D eigenvalue weighted by Gasteiger charge is -2.27. The van der Waals surface area contributed by atoms with Gasteiger partial charge < -0.3 is 10.2 Å². The highest BCUT2D eigenvalue weighted by atomic mass is 16.1. The fourth-order valence-corrected chi connectivity index (χ4v) is 3.20. The van der Waals surface area contributed by atoms with E-state index >= 15 is 0 Å². The van der Waals surface area contributed by atoms with Gasteiger partial charge in [-0.15, -0.1) is 0 Å². The Morgan fingerprint density at radius 3 is 2.70 bits per heavy atom. The molecular formula is C20H24N6O. The summed E-state index contributed by atoms with van der Waals surface area (Å²) in [4.78, 5) is 27.4. The molecule has 0 radical (unpaired) electrons. The van der Waals surface area contributed by atoms with Crippen molar-refractivity contribution in [2.75, 3.05) is 23.3 Å². The van der Waals surface area contributed by atoms with Gasteiger partial charge in [-0.25, -0.2) is 9.97 Å². The molecule has 0 spiro atoms. The van der Waals surface area contributed by atoms with E-state index in [1.165, 1.54) is 25.3 Å². The second-order valence-corrected chi connectivity index (χ2v) is 6.29. The van der Waals surface area contributed by atoms with Crippen LogP contribution in [0.4, 0.5) is 11.5 Å². The van der Waals surface area contributed by atoms with E-state index in [9.17, 15) is 4.79 Å². The molecule has 7 heteroatoms. The number of fused-ring (bicyclic) bond motifs is 1. The maximum atomic E-state index is 11.6. The number of hydrogen-bond acceptors (Lipinski definition) is 5. The van der Waals surface area contributed by atoms with Crippen molar-refractivity contribution in [3.8, 4) is 5.82 Å². The third-order valence-corrected chi connectivity index (χ3v) is 4.54. The Morgan fingerprint density at radius 1 is 1.15 bits per heavy atom. The molecule has 0 saturated carbocycles. The van der Waals surface area contributed by atoms with E-state index in [4.69, 9.17) is 4.98 Å². The molecule has 1 N–H and O–H groups in total. The first-order valence-corrected chi connectivity index (χ1v) is 8.72. The van der Waals surface area contributed by atoms with Gasteiger partial charge in [0.2, 0.25) is 5.91 Å². The monoisotopic (exact) mass is 364 g/mol. The van der Waals surface area contributed by atoms with Crippen LogP contribution in [0.3, 0.4) is 0 Å². The lowest BCUT2D eigenvalue weighted by molar-refractivity contribution is -0.111. The van der Waals surface area contributed by atoms with Crippen LogP contribution >= 0.6 is 0 Å². The molecule has 0 unspecified atom stereocenters. The van der Waals surface area contributed by atoms with Crippen molar-refractivity contribution in [3.63, 3.8) is 0 Å². The van der Waals surface area contributed by atoms with Crippen LogP contribution < -0.4 is 10.2 Å². The Morgan fingerprint density at radius 2 is 1.93 bits per heavy atom. The molecule has 0 aliphatic carbocycles. The summed E-state index contributed by atoms with van der Waals surface area (Å²) in [6, 6.07) is 5.56. The number of benzene rings is 1. The van der Waals surface area contributed by atoms with E-state index < -0.39 is 0 Å². The predicted molar refractivity (Wildman–Crippen MR) is 108 cm³/mol. The first-order valence-electron chi connectivity index (χ1n) is 8.72. The van der Waals surface area contributed by atoms with Crippen LogP contribution in [0.5, 0.6) is 0 Å². The number of nitrogens with zero attached hydrogens (tertiary/aromatic N) is 5. The molecular weight excluding hydrogens is 340 g/mol. The van der Waals surface area contributed by atoms with Gasteiger partial charge in [-0.3, -0.25) is 14.3 Å². The summed E-state index contributed by atoms with van der Waals surface area (Å²) in [5.41, 5.74) is 2.37. The average Bonchev–Trinajstić information content (AvgIpc) is 3.12. The smallest absolute Gasteiger partial charge is 0.247 e. The van der Waals surface area contributed by atoms with Gasteiger partial charge in [0.1, 0.15) is 12.1 Å². The average molecular weight is 364 g/mol. The van der Waals surface area contributed by atoms with Gasteiger partial charge in [0.15, 0.2) is 5.82 Å². The van der Waals surface area contributed by atoms with Crippen molar-refractivity contribution in [1.29, 1.82) is 0 Å².